The van der Waals surface area contributed by atoms with E-state index >= 15 is 0 Å². The van der Waals surface area contributed by atoms with Crippen LogP contribution in [0.1, 0.15) is 36.9 Å². The predicted octanol–water partition coefficient (Wildman–Crippen LogP) is 3.33. The third-order valence-electron chi connectivity index (χ3n) is 4.43. The minimum Gasteiger partial charge on any atom is -0.358 e. The Morgan fingerprint density at radius 1 is 1.30 bits per heavy atom. The number of aryl methyl sites for hydroxylation is 1. The molecular weight excluding hydrogens is 248 g/mol. The molecule has 2 aromatic rings. The average Bonchev–Trinajstić information content (AvgIpc) is 3.07. The molecular formula is C17H22N2O. The summed E-state index contributed by atoms with van der Waals surface area (Å²) >= 11 is 0. The molecule has 2 N–H and O–H groups in total. The Morgan fingerprint density at radius 2 is 2.05 bits per heavy atom. The van der Waals surface area contributed by atoms with Crippen LogP contribution in [0.3, 0.4) is 0 Å². The minimum absolute atomic E-state index is 0.250. The number of aromatic amines is 1. The zero-order valence-electron chi connectivity index (χ0n) is 12.0. The van der Waals surface area contributed by atoms with Gasteiger partial charge in [0.25, 0.3) is 0 Å². The highest BCUT2D eigenvalue weighted by Crippen LogP contribution is 2.25. The Labute approximate surface area is 119 Å². The van der Waals surface area contributed by atoms with E-state index in [9.17, 15) is 4.79 Å². The van der Waals surface area contributed by atoms with Gasteiger partial charge in [0.05, 0.1) is 0 Å². The Bertz CT molecular complexity index is 608. The third-order valence-corrected chi connectivity index (χ3v) is 4.43. The quantitative estimate of drug-likeness (QED) is 0.879. The fourth-order valence-corrected chi connectivity index (χ4v) is 3.30. The van der Waals surface area contributed by atoms with E-state index in [4.69, 9.17) is 0 Å². The third kappa shape index (κ3) is 2.58. The summed E-state index contributed by atoms with van der Waals surface area (Å²) in [6.07, 6.45) is 5.45. The first-order chi connectivity index (χ1) is 9.75. The van der Waals surface area contributed by atoms with Crippen LogP contribution in [0.15, 0.2) is 24.3 Å². The monoisotopic (exact) mass is 270 g/mol. The lowest BCUT2D eigenvalue weighted by Crippen LogP contribution is -2.31. The maximum Gasteiger partial charge on any atom is 0.223 e. The lowest BCUT2D eigenvalue weighted by atomic mass is 10.1. The summed E-state index contributed by atoms with van der Waals surface area (Å²) in [5.74, 6) is 0.513. The zero-order valence-corrected chi connectivity index (χ0v) is 12.0. The molecule has 3 rings (SSSR count). The number of H-pyrrole nitrogens is 1. The molecule has 20 heavy (non-hydrogen) atoms. The van der Waals surface area contributed by atoms with Gasteiger partial charge in [-0.3, -0.25) is 4.79 Å². The van der Waals surface area contributed by atoms with Gasteiger partial charge < -0.3 is 10.3 Å². The molecule has 3 heteroatoms. The van der Waals surface area contributed by atoms with Crippen molar-refractivity contribution < 1.29 is 4.79 Å². The molecule has 1 aromatic carbocycles. The summed E-state index contributed by atoms with van der Waals surface area (Å²) in [7, 11) is 0. The van der Waals surface area contributed by atoms with Crippen LogP contribution < -0.4 is 5.32 Å². The smallest absolute Gasteiger partial charge is 0.223 e. The van der Waals surface area contributed by atoms with Crippen LogP contribution in [0.4, 0.5) is 0 Å². The highest BCUT2D eigenvalue weighted by Gasteiger charge is 2.22. The summed E-state index contributed by atoms with van der Waals surface area (Å²) < 4.78 is 0. The maximum atomic E-state index is 12.0. The Kier molecular flexibility index (Phi) is 3.77. The van der Waals surface area contributed by atoms with E-state index in [1.165, 1.54) is 35.0 Å². The van der Waals surface area contributed by atoms with E-state index < -0.39 is 0 Å². The summed E-state index contributed by atoms with van der Waals surface area (Å²) in [5, 5.41) is 4.38. The highest BCUT2D eigenvalue weighted by atomic mass is 16.1. The van der Waals surface area contributed by atoms with Gasteiger partial charge in [0.2, 0.25) is 5.91 Å². The van der Waals surface area contributed by atoms with Gasteiger partial charge in [-0.05, 0) is 37.8 Å². The van der Waals surface area contributed by atoms with Crippen LogP contribution in [0.25, 0.3) is 10.9 Å². The number of hydrogen-bond acceptors (Lipinski definition) is 1. The molecule has 0 spiro atoms. The van der Waals surface area contributed by atoms with Gasteiger partial charge in [0.15, 0.2) is 0 Å². The topological polar surface area (TPSA) is 44.9 Å². The molecule has 1 fully saturated rings. The SMILES string of the molecule is Cc1[nH]c2ccccc2c1CCNC(=O)C1CCCC1. The lowest BCUT2D eigenvalue weighted by molar-refractivity contribution is -0.124. The molecule has 0 atom stereocenters. The minimum atomic E-state index is 0.250. The highest BCUT2D eigenvalue weighted by molar-refractivity contribution is 5.84. The van der Waals surface area contributed by atoms with Crippen molar-refractivity contribution in [3.8, 4) is 0 Å². The van der Waals surface area contributed by atoms with Crippen LogP contribution in [0.2, 0.25) is 0 Å². The number of hydrogen-bond donors (Lipinski definition) is 2. The van der Waals surface area contributed by atoms with Crippen LogP contribution in [0.5, 0.6) is 0 Å². The molecule has 1 saturated carbocycles. The van der Waals surface area contributed by atoms with Gasteiger partial charge in [0, 0.05) is 29.1 Å². The fourth-order valence-electron chi connectivity index (χ4n) is 3.30. The van der Waals surface area contributed by atoms with E-state index in [1.54, 1.807) is 0 Å². The van der Waals surface area contributed by atoms with E-state index in [0.29, 0.717) is 0 Å². The first-order valence-electron chi connectivity index (χ1n) is 7.59. The zero-order chi connectivity index (χ0) is 13.9. The van der Waals surface area contributed by atoms with Gasteiger partial charge in [-0.1, -0.05) is 31.0 Å². The molecule has 1 aliphatic carbocycles. The Balaban J connectivity index is 1.62. The molecule has 0 unspecified atom stereocenters. The molecule has 1 aromatic heterocycles. The van der Waals surface area contributed by atoms with Gasteiger partial charge in [0.1, 0.15) is 0 Å². The molecule has 0 bridgehead atoms. The van der Waals surface area contributed by atoms with Crippen LogP contribution in [-0.4, -0.2) is 17.4 Å². The Hall–Kier alpha value is -1.77. The summed E-state index contributed by atoms with van der Waals surface area (Å²) in [5.41, 5.74) is 3.72. The van der Waals surface area contributed by atoms with Crippen LogP contribution in [-0.2, 0) is 11.2 Å². The maximum absolute atomic E-state index is 12.0. The van der Waals surface area contributed by atoms with Crippen molar-refractivity contribution in [2.45, 2.75) is 39.0 Å². The van der Waals surface area contributed by atoms with Crippen LogP contribution >= 0.6 is 0 Å². The molecule has 0 saturated heterocycles. The molecule has 1 amide bonds. The van der Waals surface area contributed by atoms with Crippen molar-refractivity contribution >= 4 is 16.8 Å². The van der Waals surface area contributed by atoms with Crippen molar-refractivity contribution in [2.24, 2.45) is 5.92 Å². The fraction of sp³-hybridized carbons (Fsp3) is 0.471. The van der Waals surface area contributed by atoms with E-state index in [2.05, 4.69) is 35.4 Å². The normalized spacial score (nSPS) is 15.8. The number of carbonyl (C=O) groups excluding carboxylic acids is 1. The van der Waals surface area contributed by atoms with Gasteiger partial charge >= 0.3 is 0 Å². The number of para-hydroxylation sites is 1. The molecule has 1 aliphatic rings. The second-order valence-electron chi connectivity index (χ2n) is 5.80. The van der Waals surface area contributed by atoms with Crippen molar-refractivity contribution in [1.82, 2.24) is 10.3 Å². The van der Waals surface area contributed by atoms with Gasteiger partial charge in [-0.25, -0.2) is 0 Å². The molecule has 1 heterocycles. The number of rotatable bonds is 4. The van der Waals surface area contributed by atoms with Crippen LogP contribution in [0, 0.1) is 12.8 Å². The molecule has 3 nitrogen and oxygen atoms in total. The standard InChI is InChI=1S/C17H22N2O/c1-12-14(15-8-4-5-9-16(15)19-12)10-11-18-17(20)13-6-2-3-7-13/h4-5,8-9,13,19H,2-3,6-7,10-11H2,1H3,(H,18,20). The molecule has 106 valence electrons. The van der Waals surface area contributed by atoms with E-state index in [1.807, 2.05) is 6.07 Å². The van der Waals surface area contributed by atoms with Gasteiger partial charge in [-0.15, -0.1) is 0 Å². The van der Waals surface area contributed by atoms with Gasteiger partial charge in [-0.2, -0.15) is 0 Å². The predicted molar refractivity (Wildman–Crippen MR) is 81.7 cm³/mol. The van der Waals surface area contributed by atoms with Crippen molar-refractivity contribution in [1.29, 1.82) is 0 Å². The first-order valence-corrected chi connectivity index (χ1v) is 7.59. The van der Waals surface area contributed by atoms with Crippen molar-refractivity contribution in [3.63, 3.8) is 0 Å². The number of fused-ring (bicyclic) bond motifs is 1. The largest absolute Gasteiger partial charge is 0.358 e. The van der Waals surface area contributed by atoms with E-state index in [0.717, 1.165) is 25.8 Å². The summed E-state index contributed by atoms with van der Waals surface area (Å²) in [4.78, 5) is 15.4. The first kappa shape index (κ1) is 13.2. The number of aromatic nitrogens is 1. The number of carbonyl (C=O) groups is 1. The lowest BCUT2D eigenvalue weighted by Gasteiger charge is -2.10. The number of benzene rings is 1. The van der Waals surface area contributed by atoms with Crippen molar-refractivity contribution in [2.75, 3.05) is 6.54 Å². The number of amides is 1. The summed E-state index contributed by atoms with van der Waals surface area (Å²) in [6.45, 7) is 2.84. The van der Waals surface area contributed by atoms with E-state index in [-0.39, 0.29) is 11.8 Å². The second-order valence-corrected chi connectivity index (χ2v) is 5.80. The second kappa shape index (κ2) is 5.70. The summed E-state index contributed by atoms with van der Waals surface area (Å²) in [6, 6.07) is 8.36. The average molecular weight is 270 g/mol. The van der Waals surface area contributed by atoms with Crippen molar-refractivity contribution in [3.05, 3.63) is 35.5 Å². The molecule has 0 aliphatic heterocycles. The molecule has 0 radical (unpaired) electrons. The number of nitrogens with one attached hydrogen (secondary N) is 2. The Morgan fingerprint density at radius 3 is 2.85 bits per heavy atom.